The summed E-state index contributed by atoms with van der Waals surface area (Å²) in [7, 11) is 0. The third-order valence-corrected chi connectivity index (χ3v) is 3.57. The second-order valence-corrected chi connectivity index (χ2v) is 5.79. The zero-order valence-electron chi connectivity index (χ0n) is 13.5. The first-order valence-corrected chi connectivity index (χ1v) is 7.87. The maximum absolute atomic E-state index is 6.03. The highest BCUT2D eigenvalue weighted by molar-refractivity contribution is 5.86. The van der Waals surface area contributed by atoms with Crippen molar-refractivity contribution in [3.63, 3.8) is 0 Å². The molecule has 22 heavy (non-hydrogen) atoms. The lowest BCUT2D eigenvalue weighted by atomic mass is 10.0. The molecule has 1 heterocycles. The van der Waals surface area contributed by atoms with Crippen molar-refractivity contribution in [2.24, 2.45) is 10.7 Å². The van der Waals surface area contributed by atoms with Crippen LogP contribution in [-0.4, -0.2) is 31.6 Å². The molecule has 0 spiro atoms. The third-order valence-electron chi connectivity index (χ3n) is 3.57. The summed E-state index contributed by atoms with van der Waals surface area (Å²) in [5.74, 6) is 0.823. The van der Waals surface area contributed by atoms with Crippen molar-refractivity contribution in [3.05, 3.63) is 47.4 Å². The van der Waals surface area contributed by atoms with Crippen LogP contribution in [0.1, 0.15) is 33.1 Å². The van der Waals surface area contributed by atoms with Crippen LogP contribution >= 0.6 is 0 Å². The second-order valence-electron chi connectivity index (χ2n) is 5.79. The summed E-state index contributed by atoms with van der Waals surface area (Å²) in [4.78, 5) is 4.58. The van der Waals surface area contributed by atoms with E-state index in [0.29, 0.717) is 12.7 Å². The molecule has 0 aromatic heterocycles. The number of allylic oxidation sites excluding steroid dienone is 4. The van der Waals surface area contributed by atoms with Crippen molar-refractivity contribution < 1.29 is 9.47 Å². The van der Waals surface area contributed by atoms with Gasteiger partial charge in [-0.2, -0.15) is 0 Å². The number of rotatable bonds is 7. The van der Waals surface area contributed by atoms with Gasteiger partial charge in [0.15, 0.2) is 0 Å². The molecule has 120 valence electrons. The standard InChI is InChI=1S/C18H26N2O2/c1-4-17(18(9-13(2)3)22-16-5-6-16)14(10-19)11-20-15-7-8-21-12-15/h4,9-11,15-16H,2,5-8,12,19H2,1,3H3/b14-10+,17-4-,18-9+,20-11?. The average molecular weight is 302 g/mol. The molecule has 2 fully saturated rings. The van der Waals surface area contributed by atoms with E-state index < -0.39 is 0 Å². The number of ether oxygens (including phenoxy) is 2. The van der Waals surface area contributed by atoms with Crippen LogP contribution in [0.2, 0.25) is 0 Å². The van der Waals surface area contributed by atoms with Gasteiger partial charge in [-0.05, 0) is 39.2 Å². The Morgan fingerprint density at radius 2 is 2.14 bits per heavy atom. The molecule has 1 atom stereocenters. The van der Waals surface area contributed by atoms with Crippen LogP contribution in [0.3, 0.4) is 0 Å². The highest BCUT2D eigenvalue weighted by atomic mass is 16.5. The summed E-state index contributed by atoms with van der Waals surface area (Å²) in [6, 6.07) is 0.228. The minimum absolute atomic E-state index is 0.228. The molecule has 2 rings (SSSR count). The molecule has 1 unspecified atom stereocenters. The molecule has 1 saturated heterocycles. The Morgan fingerprint density at radius 1 is 1.36 bits per heavy atom. The highest BCUT2D eigenvalue weighted by Crippen LogP contribution is 2.31. The molecule has 1 saturated carbocycles. The van der Waals surface area contributed by atoms with E-state index in [1.807, 2.05) is 32.2 Å². The molecule has 1 aliphatic heterocycles. The largest absolute Gasteiger partial charge is 0.490 e. The Hall–Kier alpha value is -1.81. The predicted octanol–water partition coefficient (Wildman–Crippen LogP) is 3.27. The van der Waals surface area contributed by atoms with E-state index in [1.54, 1.807) is 6.20 Å². The first-order valence-electron chi connectivity index (χ1n) is 7.87. The maximum atomic E-state index is 6.03. The van der Waals surface area contributed by atoms with Gasteiger partial charge in [0.25, 0.3) is 0 Å². The molecule has 4 heteroatoms. The van der Waals surface area contributed by atoms with Crippen molar-refractivity contribution in [1.82, 2.24) is 0 Å². The maximum Gasteiger partial charge on any atom is 0.127 e. The smallest absolute Gasteiger partial charge is 0.127 e. The number of hydrogen-bond donors (Lipinski definition) is 1. The van der Waals surface area contributed by atoms with Crippen LogP contribution in [0.5, 0.6) is 0 Å². The minimum atomic E-state index is 0.228. The monoisotopic (exact) mass is 302 g/mol. The van der Waals surface area contributed by atoms with Gasteiger partial charge in [-0.3, -0.25) is 4.99 Å². The van der Waals surface area contributed by atoms with Gasteiger partial charge in [0.05, 0.1) is 18.8 Å². The number of hydrogen-bond acceptors (Lipinski definition) is 4. The van der Waals surface area contributed by atoms with Gasteiger partial charge in [-0.1, -0.05) is 18.2 Å². The molecule has 1 aliphatic carbocycles. The fourth-order valence-electron chi connectivity index (χ4n) is 2.24. The third kappa shape index (κ3) is 4.88. The lowest BCUT2D eigenvalue weighted by Crippen LogP contribution is -2.07. The first-order chi connectivity index (χ1) is 10.6. The summed E-state index contributed by atoms with van der Waals surface area (Å²) >= 11 is 0. The predicted molar refractivity (Wildman–Crippen MR) is 90.7 cm³/mol. The molecule has 0 radical (unpaired) electrons. The van der Waals surface area contributed by atoms with Gasteiger partial charge in [0.2, 0.25) is 0 Å². The normalized spacial score (nSPS) is 24.1. The van der Waals surface area contributed by atoms with E-state index in [4.69, 9.17) is 15.2 Å². The van der Waals surface area contributed by atoms with Crippen molar-refractivity contribution in [2.45, 2.75) is 45.3 Å². The minimum Gasteiger partial charge on any atom is -0.490 e. The van der Waals surface area contributed by atoms with E-state index in [2.05, 4.69) is 11.6 Å². The molecular formula is C18H26N2O2. The van der Waals surface area contributed by atoms with E-state index in [9.17, 15) is 0 Å². The number of nitrogens with two attached hydrogens (primary N) is 1. The van der Waals surface area contributed by atoms with Crippen molar-refractivity contribution in [3.8, 4) is 0 Å². The van der Waals surface area contributed by atoms with Crippen LogP contribution in [0.4, 0.5) is 0 Å². The van der Waals surface area contributed by atoms with Gasteiger partial charge in [-0.25, -0.2) is 0 Å². The van der Waals surface area contributed by atoms with Gasteiger partial charge in [0.1, 0.15) is 5.76 Å². The van der Waals surface area contributed by atoms with E-state index in [1.165, 1.54) is 0 Å². The Morgan fingerprint density at radius 3 is 2.64 bits per heavy atom. The summed E-state index contributed by atoms with van der Waals surface area (Å²) in [5.41, 5.74) is 8.59. The van der Waals surface area contributed by atoms with Crippen LogP contribution in [-0.2, 0) is 9.47 Å². The summed E-state index contributed by atoms with van der Waals surface area (Å²) < 4.78 is 11.4. The fraction of sp³-hybridized carbons (Fsp3) is 0.500. The average Bonchev–Trinajstić information content (AvgIpc) is 3.14. The van der Waals surface area contributed by atoms with Crippen molar-refractivity contribution in [2.75, 3.05) is 13.2 Å². The highest BCUT2D eigenvalue weighted by Gasteiger charge is 2.26. The molecule has 4 nitrogen and oxygen atoms in total. The summed E-state index contributed by atoms with van der Waals surface area (Å²) in [5, 5.41) is 0. The first kappa shape index (κ1) is 16.6. The fourth-order valence-corrected chi connectivity index (χ4v) is 2.24. The molecule has 0 bridgehead atoms. The van der Waals surface area contributed by atoms with E-state index in [0.717, 1.165) is 48.3 Å². The van der Waals surface area contributed by atoms with Crippen LogP contribution in [0.15, 0.2) is 52.4 Å². The van der Waals surface area contributed by atoms with E-state index >= 15 is 0 Å². The topological polar surface area (TPSA) is 56.8 Å². The van der Waals surface area contributed by atoms with Crippen LogP contribution in [0, 0.1) is 0 Å². The molecule has 0 aromatic rings. The Labute approximate surface area is 133 Å². The Kier molecular flexibility index (Phi) is 6.01. The lowest BCUT2D eigenvalue weighted by molar-refractivity contribution is 0.194. The molecule has 0 amide bonds. The lowest BCUT2D eigenvalue weighted by Gasteiger charge is -2.14. The Bertz CT molecular complexity index is 519. The van der Waals surface area contributed by atoms with Gasteiger partial charge in [0, 0.05) is 30.2 Å². The van der Waals surface area contributed by atoms with E-state index in [-0.39, 0.29) is 6.04 Å². The zero-order chi connectivity index (χ0) is 15.9. The molecule has 0 aromatic carbocycles. The van der Waals surface area contributed by atoms with Crippen molar-refractivity contribution >= 4 is 6.21 Å². The number of nitrogens with zero attached hydrogens (tertiary/aromatic N) is 1. The molecule has 2 aliphatic rings. The van der Waals surface area contributed by atoms with Gasteiger partial charge < -0.3 is 15.2 Å². The van der Waals surface area contributed by atoms with Gasteiger partial charge in [-0.15, -0.1) is 0 Å². The second kappa shape index (κ2) is 7.99. The molecular weight excluding hydrogens is 276 g/mol. The summed E-state index contributed by atoms with van der Waals surface area (Å²) in [6.07, 6.45) is 10.9. The zero-order valence-corrected chi connectivity index (χ0v) is 13.5. The van der Waals surface area contributed by atoms with Gasteiger partial charge >= 0.3 is 0 Å². The number of aliphatic imine (C=N–C) groups is 1. The van der Waals surface area contributed by atoms with Crippen LogP contribution in [0.25, 0.3) is 0 Å². The van der Waals surface area contributed by atoms with Crippen LogP contribution < -0.4 is 5.73 Å². The molecule has 2 N–H and O–H groups in total. The quantitative estimate of drug-likeness (QED) is 0.446. The van der Waals surface area contributed by atoms with Crippen molar-refractivity contribution in [1.29, 1.82) is 0 Å². The Balaban J connectivity index is 2.16. The summed E-state index contributed by atoms with van der Waals surface area (Å²) in [6.45, 7) is 9.36. The SMILES string of the molecule is C=C(C)\C=C(OC1CC1)/C(=C\C)C(/C=NC1CCOC1)=C/N.